The van der Waals surface area contributed by atoms with Crippen molar-refractivity contribution in [2.24, 2.45) is 0 Å². The van der Waals surface area contributed by atoms with Crippen LogP contribution in [0.4, 0.5) is 11.4 Å². The van der Waals surface area contributed by atoms with Crippen LogP contribution in [0.25, 0.3) is 5.70 Å². The number of anilines is 1. The molecule has 0 aliphatic carbocycles. The molecule has 1 aliphatic rings. The molecule has 0 fully saturated rings. The summed E-state index contributed by atoms with van der Waals surface area (Å²) in [7, 11) is 0. The quantitative estimate of drug-likeness (QED) is 0.644. The van der Waals surface area contributed by atoms with Crippen LogP contribution in [0.2, 0.25) is 0 Å². The highest BCUT2D eigenvalue weighted by molar-refractivity contribution is 5.87. The molecule has 9 heteroatoms. The number of non-ortho nitro benzene ring substituents is 1. The predicted molar refractivity (Wildman–Crippen MR) is 89.5 cm³/mol. The van der Waals surface area contributed by atoms with Gasteiger partial charge in [-0.25, -0.2) is 9.78 Å². The van der Waals surface area contributed by atoms with E-state index in [1.165, 1.54) is 16.7 Å². The zero-order chi connectivity index (χ0) is 18.1. The zero-order valence-electron chi connectivity index (χ0n) is 13.2. The van der Waals surface area contributed by atoms with Gasteiger partial charge in [-0.3, -0.25) is 19.5 Å². The van der Waals surface area contributed by atoms with E-state index in [0.717, 1.165) is 6.20 Å². The van der Waals surface area contributed by atoms with Crippen LogP contribution in [-0.4, -0.2) is 25.6 Å². The second-order valence-corrected chi connectivity index (χ2v) is 5.61. The van der Waals surface area contributed by atoms with Crippen LogP contribution < -0.4 is 10.9 Å². The zero-order valence-corrected chi connectivity index (χ0v) is 13.2. The Morgan fingerprint density at radius 1 is 1.40 bits per heavy atom. The maximum atomic E-state index is 12.4. The number of hydrogen-bond acceptors (Lipinski definition) is 6. The van der Waals surface area contributed by atoms with Crippen molar-refractivity contribution in [1.29, 1.82) is 0 Å². The number of aromatic nitrogens is 2. The summed E-state index contributed by atoms with van der Waals surface area (Å²) in [5, 5.41) is 22.9. The first-order chi connectivity index (χ1) is 11.9. The Morgan fingerprint density at radius 2 is 2.08 bits per heavy atom. The van der Waals surface area contributed by atoms with E-state index in [9.17, 15) is 19.7 Å². The number of nitrogens with one attached hydrogen (secondary N) is 1. The lowest BCUT2D eigenvalue weighted by atomic mass is 10.1. The van der Waals surface area contributed by atoms with Crippen molar-refractivity contribution in [3.8, 4) is 0 Å². The van der Waals surface area contributed by atoms with E-state index in [2.05, 4.69) is 10.3 Å². The third-order valence-electron chi connectivity index (χ3n) is 3.93. The highest BCUT2D eigenvalue weighted by Crippen LogP contribution is 2.27. The highest BCUT2D eigenvalue weighted by atomic mass is 16.6. The Balaban J connectivity index is 1.98. The van der Waals surface area contributed by atoms with Gasteiger partial charge in [-0.05, 0) is 25.5 Å². The molecule has 1 atom stereocenters. The van der Waals surface area contributed by atoms with Crippen molar-refractivity contribution >= 4 is 23.0 Å². The first-order valence-electron chi connectivity index (χ1n) is 7.45. The number of fused-ring (bicyclic) bond motifs is 1. The Labute approximate surface area is 141 Å². The lowest BCUT2D eigenvalue weighted by Gasteiger charge is -2.25. The fourth-order valence-electron chi connectivity index (χ4n) is 2.64. The van der Waals surface area contributed by atoms with E-state index in [-0.39, 0.29) is 17.3 Å². The van der Waals surface area contributed by atoms with E-state index < -0.39 is 16.5 Å². The number of allylic oxidation sites excluding steroid dienone is 1. The smallest absolute Gasteiger partial charge is 0.342 e. The van der Waals surface area contributed by atoms with E-state index >= 15 is 0 Å². The molecule has 2 aromatic rings. The number of carboxylic acid groups (broad SMARTS) is 1. The number of rotatable bonds is 4. The standard InChI is InChI=1S/C16H14N4O5/c1-9-2-7-13(18-10-3-5-11(6-4-10)20(24)25)14-17-8-12(16(22)23)15(21)19(9)14/h3-9,18H,2H2,1H3,(H,22,23). The molecule has 128 valence electrons. The predicted octanol–water partition coefficient (Wildman–Crippen LogP) is 2.27. The topological polar surface area (TPSA) is 127 Å². The molecule has 3 rings (SSSR count). The van der Waals surface area contributed by atoms with Gasteiger partial charge in [0.15, 0.2) is 5.82 Å². The lowest BCUT2D eigenvalue weighted by Crippen LogP contribution is -2.34. The average Bonchev–Trinajstić information content (AvgIpc) is 2.57. The van der Waals surface area contributed by atoms with Crippen LogP contribution in [0.3, 0.4) is 0 Å². The number of benzene rings is 1. The largest absolute Gasteiger partial charge is 0.477 e. The van der Waals surface area contributed by atoms with Gasteiger partial charge in [-0.15, -0.1) is 0 Å². The van der Waals surface area contributed by atoms with Gasteiger partial charge in [-0.1, -0.05) is 6.08 Å². The Kier molecular flexibility index (Phi) is 4.05. The average molecular weight is 342 g/mol. The number of nitro benzene ring substituents is 1. The first kappa shape index (κ1) is 16.4. The summed E-state index contributed by atoms with van der Waals surface area (Å²) < 4.78 is 1.34. The van der Waals surface area contributed by atoms with E-state index in [1.807, 2.05) is 6.08 Å². The lowest BCUT2D eigenvalue weighted by molar-refractivity contribution is -0.384. The molecule has 0 saturated heterocycles. The Bertz CT molecular complexity index is 946. The Morgan fingerprint density at radius 3 is 2.68 bits per heavy atom. The van der Waals surface area contributed by atoms with Gasteiger partial charge < -0.3 is 10.4 Å². The number of aromatic carboxylic acids is 1. The molecule has 1 aliphatic heterocycles. The van der Waals surface area contributed by atoms with Crippen LogP contribution in [0.5, 0.6) is 0 Å². The maximum absolute atomic E-state index is 12.4. The van der Waals surface area contributed by atoms with Gasteiger partial charge in [0.25, 0.3) is 11.2 Å². The van der Waals surface area contributed by atoms with Crippen LogP contribution in [0.15, 0.2) is 41.3 Å². The maximum Gasteiger partial charge on any atom is 0.342 e. The highest BCUT2D eigenvalue weighted by Gasteiger charge is 2.24. The van der Waals surface area contributed by atoms with Gasteiger partial charge >= 0.3 is 5.97 Å². The van der Waals surface area contributed by atoms with Crippen molar-refractivity contribution in [2.75, 3.05) is 5.32 Å². The third-order valence-corrected chi connectivity index (χ3v) is 3.93. The number of carbonyl (C=O) groups is 1. The summed E-state index contributed by atoms with van der Waals surface area (Å²) in [4.78, 5) is 37.9. The molecule has 2 heterocycles. The molecule has 0 saturated carbocycles. The second-order valence-electron chi connectivity index (χ2n) is 5.61. The summed E-state index contributed by atoms with van der Waals surface area (Å²) in [6, 6.07) is 5.60. The van der Waals surface area contributed by atoms with Crippen molar-refractivity contribution in [2.45, 2.75) is 19.4 Å². The van der Waals surface area contributed by atoms with Crippen molar-refractivity contribution in [3.05, 3.63) is 68.4 Å². The van der Waals surface area contributed by atoms with Gasteiger partial charge in [0.05, 0.1) is 10.6 Å². The van der Waals surface area contributed by atoms with E-state index in [4.69, 9.17) is 5.11 Å². The molecule has 1 unspecified atom stereocenters. The van der Waals surface area contributed by atoms with Crippen LogP contribution in [0.1, 0.15) is 35.6 Å². The number of nitrogens with zero attached hydrogens (tertiary/aromatic N) is 3. The molecular weight excluding hydrogens is 328 g/mol. The minimum absolute atomic E-state index is 0.0300. The fraction of sp³-hybridized carbons (Fsp3) is 0.188. The van der Waals surface area contributed by atoms with E-state index in [1.54, 1.807) is 19.1 Å². The normalized spacial score (nSPS) is 15.9. The minimum atomic E-state index is -1.32. The van der Waals surface area contributed by atoms with Gasteiger partial charge in [0.1, 0.15) is 5.56 Å². The summed E-state index contributed by atoms with van der Waals surface area (Å²) in [5.74, 6) is -0.994. The van der Waals surface area contributed by atoms with Gasteiger partial charge in [-0.2, -0.15) is 0 Å². The molecule has 0 radical (unpaired) electrons. The molecule has 25 heavy (non-hydrogen) atoms. The SMILES string of the molecule is CC1CC=C(Nc2ccc([N+](=O)[O-])cc2)c2ncc(C(=O)O)c(=O)n21. The monoisotopic (exact) mass is 342 g/mol. The van der Waals surface area contributed by atoms with E-state index in [0.29, 0.717) is 23.6 Å². The summed E-state index contributed by atoms with van der Waals surface area (Å²) in [6.45, 7) is 1.80. The fourth-order valence-corrected chi connectivity index (χ4v) is 2.64. The molecule has 0 spiro atoms. The van der Waals surface area contributed by atoms with Gasteiger partial charge in [0.2, 0.25) is 0 Å². The van der Waals surface area contributed by atoms with Gasteiger partial charge in [0, 0.05) is 30.1 Å². The molecule has 0 amide bonds. The first-order valence-corrected chi connectivity index (χ1v) is 7.45. The summed E-state index contributed by atoms with van der Waals surface area (Å²) in [6.07, 6.45) is 3.42. The number of carboxylic acids is 1. The van der Waals surface area contributed by atoms with Crippen LogP contribution in [-0.2, 0) is 0 Å². The molecule has 1 aromatic carbocycles. The number of hydrogen-bond donors (Lipinski definition) is 2. The molecular formula is C16H14N4O5. The molecule has 2 N–H and O–H groups in total. The van der Waals surface area contributed by atoms with Crippen molar-refractivity contribution in [1.82, 2.24) is 9.55 Å². The molecule has 9 nitrogen and oxygen atoms in total. The van der Waals surface area contributed by atoms with Crippen LogP contribution >= 0.6 is 0 Å². The minimum Gasteiger partial charge on any atom is -0.477 e. The van der Waals surface area contributed by atoms with Crippen molar-refractivity contribution < 1.29 is 14.8 Å². The third kappa shape index (κ3) is 2.99. The Hall–Kier alpha value is -3.49. The summed E-state index contributed by atoms with van der Waals surface area (Å²) >= 11 is 0. The summed E-state index contributed by atoms with van der Waals surface area (Å²) in [5.41, 5.74) is 0.112. The second kappa shape index (κ2) is 6.19. The number of nitro groups is 1. The molecule has 0 bridgehead atoms. The molecule has 1 aromatic heterocycles. The van der Waals surface area contributed by atoms with Crippen molar-refractivity contribution in [3.63, 3.8) is 0 Å². The van der Waals surface area contributed by atoms with Crippen LogP contribution in [0, 0.1) is 10.1 Å².